The average Bonchev–Trinajstić information content (AvgIpc) is 2.70. The van der Waals surface area contributed by atoms with Crippen molar-refractivity contribution in [1.82, 2.24) is 5.16 Å². The van der Waals surface area contributed by atoms with E-state index in [1.807, 2.05) is 6.92 Å². The Balaban J connectivity index is 2.13. The van der Waals surface area contributed by atoms with Gasteiger partial charge in [-0.05, 0) is 19.8 Å². The van der Waals surface area contributed by atoms with Crippen LogP contribution < -0.4 is 0 Å². The van der Waals surface area contributed by atoms with E-state index in [0.29, 0.717) is 5.76 Å². The topological polar surface area (TPSA) is 72.6 Å². The van der Waals surface area contributed by atoms with Crippen LogP contribution in [0.3, 0.4) is 0 Å². The first-order valence-electron chi connectivity index (χ1n) is 4.52. The van der Waals surface area contributed by atoms with Gasteiger partial charge in [0.15, 0.2) is 11.5 Å². The number of carboxylic acids is 1. The second-order valence-corrected chi connectivity index (χ2v) is 3.43. The molecule has 1 unspecified atom stereocenters. The second kappa shape index (κ2) is 3.42. The van der Waals surface area contributed by atoms with Gasteiger partial charge >= 0.3 is 5.97 Å². The van der Waals surface area contributed by atoms with Crippen LogP contribution in [0.25, 0.3) is 0 Å². The molecule has 1 aromatic heterocycles. The van der Waals surface area contributed by atoms with E-state index in [1.165, 1.54) is 6.07 Å². The lowest BCUT2D eigenvalue weighted by atomic mass is 10.1. The van der Waals surface area contributed by atoms with E-state index in [9.17, 15) is 4.79 Å². The van der Waals surface area contributed by atoms with Crippen molar-refractivity contribution in [3.8, 4) is 0 Å². The molecule has 1 aliphatic rings. The predicted octanol–water partition coefficient (Wildman–Crippen LogP) is 1.61. The lowest BCUT2D eigenvalue weighted by molar-refractivity contribution is 0.0386. The number of hydrogen-bond acceptors (Lipinski definition) is 4. The number of aromatic nitrogens is 1. The highest BCUT2D eigenvalue weighted by molar-refractivity contribution is 5.85. The fraction of sp³-hybridized carbons (Fsp3) is 0.556. The van der Waals surface area contributed by atoms with Gasteiger partial charge < -0.3 is 14.4 Å². The molecular weight excluding hydrogens is 186 g/mol. The molecule has 0 saturated carbocycles. The molecule has 0 bridgehead atoms. The Bertz CT molecular complexity index is 346. The first kappa shape index (κ1) is 9.21. The van der Waals surface area contributed by atoms with E-state index in [4.69, 9.17) is 14.4 Å². The Labute approximate surface area is 80.6 Å². The van der Waals surface area contributed by atoms with Gasteiger partial charge in [-0.1, -0.05) is 5.16 Å². The monoisotopic (exact) mass is 197 g/mol. The minimum absolute atomic E-state index is 0.0665. The quantitative estimate of drug-likeness (QED) is 0.779. The Morgan fingerprint density at radius 2 is 2.43 bits per heavy atom. The van der Waals surface area contributed by atoms with Gasteiger partial charge in [0.1, 0.15) is 6.10 Å². The van der Waals surface area contributed by atoms with E-state index in [0.717, 1.165) is 12.8 Å². The summed E-state index contributed by atoms with van der Waals surface area (Å²) >= 11 is 0. The third-order valence-corrected chi connectivity index (χ3v) is 2.30. The van der Waals surface area contributed by atoms with E-state index >= 15 is 0 Å². The smallest absolute Gasteiger partial charge is 0.358 e. The summed E-state index contributed by atoms with van der Waals surface area (Å²) in [5.41, 5.74) is -0.0665. The Kier molecular flexibility index (Phi) is 2.25. The molecule has 2 atom stereocenters. The molecule has 1 aromatic rings. The molecule has 0 spiro atoms. The molecule has 76 valence electrons. The van der Waals surface area contributed by atoms with Crippen molar-refractivity contribution in [3.05, 3.63) is 17.5 Å². The summed E-state index contributed by atoms with van der Waals surface area (Å²) in [5.74, 6) is -0.571. The van der Waals surface area contributed by atoms with E-state index in [1.54, 1.807) is 0 Å². The number of ether oxygens (including phenoxy) is 1. The molecule has 5 nitrogen and oxygen atoms in total. The number of carboxylic acid groups (broad SMARTS) is 1. The molecular formula is C9H11NO4. The van der Waals surface area contributed by atoms with Gasteiger partial charge in [-0.15, -0.1) is 0 Å². The largest absolute Gasteiger partial charge is 0.476 e. The van der Waals surface area contributed by atoms with Gasteiger partial charge in [0.25, 0.3) is 0 Å². The molecule has 0 radical (unpaired) electrons. The van der Waals surface area contributed by atoms with E-state index in [-0.39, 0.29) is 17.9 Å². The first-order valence-corrected chi connectivity index (χ1v) is 4.52. The molecule has 5 heteroatoms. The highest BCUT2D eigenvalue weighted by atomic mass is 16.5. The minimum Gasteiger partial charge on any atom is -0.476 e. The summed E-state index contributed by atoms with van der Waals surface area (Å²) in [6.45, 7) is 1.98. The van der Waals surface area contributed by atoms with Crippen LogP contribution in [-0.2, 0) is 4.74 Å². The number of hydrogen-bond donors (Lipinski definition) is 1. The molecule has 2 rings (SSSR count). The van der Waals surface area contributed by atoms with Gasteiger partial charge in [-0.2, -0.15) is 0 Å². The maximum Gasteiger partial charge on any atom is 0.358 e. The summed E-state index contributed by atoms with van der Waals surface area (Å²) in [4.78, 5) is 10.5. The summed E-state index contributed by atoms with van der Waals surface area (Å²) < 4.78 is 10.4. The highest BCUT2D eigenvalue weighted by Gasteiger charge is 2.27. The van der Waals surface area contributed by atoms with Crippen LogP contribution in [0.4, 0.5) is 0 Å². The van der Waals surface area contributed by atoms with Crippen LogP contribution >= 0.6 is 0 Å². The van der Waals surface area contributed by atoms with Gasteiger partial charge in [0.2, 0.25) is 0 Å². The summed E-state index contributed by atoms with van der Waals surface area (Å²) in [6, 6.07) is 1.42. The summed E-state index contributed by atoms with van der Waals surface area (Å²) in [5, 5.41) is 12.1. The van der Waals surface area contributed by atoms with Crippen LogP contribution in [0.15, 0.2) is 10.6 Å². The van der Waals surface area contributed by atoms with Crippen molar-refractivity contribution in [2.24, 2.45) is 0 Å². The van der Waals surface area contributed by atoms with E-state index < -0.39 is 5.97 Å². The molecule has 0 aliphatic carbocycles. The Hall–Kier alpha value is -1.36. The zero-order valence-corrected chi connectivity index (χ0v) is 7.77. The molecule has 14 heavy (non-hydrogen) atoms. The minimum atomic E-state index is -1.08. The molecule has 1 saturated heterocycles. The van der Waals surface area contributed by atoms with Crippen molar-refractivity contribution in [2.75, 3.05) is 0 Å². The molecule has 1 N–H and O–H groups in total. The fourth-order valence-electron chi connectivity index (χ4n) is 1.55. The predicted molar refractivity (Wildman–Crippen MR) is 46.0 cm³/mol. The molecule has 0 amide bonds. The van der Waals surface area contributed by atoms with Gasteiger partial charge in [-0.3, -0.25) is 0 Å². The lowest BCUT2D eigenvalue weighted by Gasteiger charge is -2.05. The maximum atomic E-state index is 10.5. The third kappa shape index (κ3) is 1.63. The zero-order valence-electron chi connectivity index (χ0n) is 7.77. The van der Waals surface area contributed by atoms with Crippen LogP contribution in [-0.4, -0.2) is 22.3 Å². The van der Waals surface area contributed by atoms with E-state index in [2.05, 4.69) is 5.16 Å². The normalized spacial score (nSPS) is 26.6. The summed E-state index contributed by atoms with van der Waals surface area (Å²) in [6.07, 6.45) is 1.90. The molecule has 2 heterocycles. The number of aromatic carboxylic acids is 1. The highest BCUT2D eigenvalue weighted by Crippen LogP contribution is 2.32. The summed E-state index contributed by atoms with van der Waals surface area (Å²) in [7, 11) is 0. The van der Waals surface area contributed by atoms with Crippen molar-refractivity contribution in [1.29, 1.82) is 0 Å². The van der Waals surface area contributed by atoms with Crippen LogP contribution in [0.5, 0.6) is 0 Å². The zero-order chi connectivity index (χ0) is 10.1. The van der Waals surface area contributed by atoms with Crippen molar-refractivity contribution >= 4 is 5.97 Å². The van der Waals surface area contributed by atoms with Gasteiger partial charge in [0, 0.05) is 6.07 Å². The molecule has 1 aliphatic heterocycles. The van der Waals surface area contributed by atoms with Gasteiger partial charge in [0.05, 0.1) is 6.10 Å². The second-order valence-electron chi connectivity index (χ2n) is 3.43. The van der Waals surface area contributed by atoms with Crippen LogP contribution in [0, 0.1) is 0 Å². The fourth-order valence-corrected chi connectivity index (χ4v) is 1.55. The lowest BCUT2D eigenvalue weighted by Crippen LogP contribution is -2.00. The number of nitrogens with zero attached hydrogens (tertiary/aromatic N) is 1. The Morgan fingerprint density at radius 1 is 1.64 bits per heavy atom. The SMILES string of the molecule is C[C@@H]1CCC(c2cc(C(=O)O)no2)O1. The first-order chi connectivity index (χ1) is 6.66. The number of rotatable bonds is 2. The molecule has 1 fully saturated rings. The van der Waals surface area contributed by atoms with Crippen LogP contribution in [0.2, 0.25) is 0 Å². The van der Waals surface area contributed by atoms with Crippen molar-refractivity contribution in [2.45, 2.75) is 32.0 Å². The third-order valence-electron chi connectivity index (χ3n) is 2.30. The maximum absolute atomic E-state index is 10.5. The standard InChI is InChI=1S/C9H11NO4/c1-5-2-3-7(13-5)8-4-6(9(11)12)10-14-8/h4-5,7H,2-3H2,1H3,(H,11,12)/t5-,7?/m1/s1. The van der Waals surface area contributed by atoms with Crippen molar-refractivity contribution < 1.29 is 19.2 Å². The molecule has 0 aromatic carbocycles. The van der Waals surface area contributed by atoms with Crippen molar-refractivity contribution in [3.63, 3.8) is 0 Å². The average molecular weight is 197 g/mol. The Morgan fingerprint density at radius 3 is 2.93 bits per heavy atom. The van der Waals surface area contributed by atoms with Crippen LogP contribution in [0.1, 0.15) is 42.1 Å². The van der Waals surface area contributed by atoms with Gasteiger partial charge in [-0.25, -0.2) is 4.79 Å². The number of carbonyl (C=O) groups is 1.